The molecule has 0 atom stereocenters. The monoisotopic (exact) mass is 446 g/mol. The van der Waals surface area contributed by atoms with Crippen LogP contribution in [0.2, 0.25) is 0 Å². The van der Waals surface area contributed by atoms with Gasteiger partial charge in [-0.25, -0.2) is 4.79 Å². The summed E-state index contributed by atoms with van der Waals surface area (Å²) in [5.41, 5.74) is -0.308. The fourth-order valence-electron chi connectivity index (χ4n) is 2.60. The molecule has 1 N–H and O–H groups in total. The molecule has 2 aromatic rings. The molecule has 0 aliphatic rings. The van der Waals surface area contributed by atoms with E-state index in [1.165, 1.54) is 24.3 Å². The van der Waals surface area contributed by atoms with Crippen LogP contribution in [0.1, 0.15) is 29.2 Å². The molecule has 0 fully saturated rings. The molecule has 0 radical (unpaired) electrons. The molecule has 0 saturated carbocycles. The van der Waals surface area contributed by atoms with Crippen molar-refractivity contribution in [3.63, 3.8) is 0 Å². The number of alkyl halides is 6. The summed E-state index contributed by atoms with van der Waals surface area (Å²) < 4.78 is 76.8. The molecule has 0 bridgehead atoms. The van der Waals surface area contributed by atoms with Gasteiger partial charge in [-0.3, -0.25) is 0 Å². The normalized spacial score (nSPS) is 13.0. The molecular weight excluding hydrogens is 430 g/mol. The Balaban J connectivity index is 2.43. The minimum absolute atomic E-state index is 0.0925. The lowest BCUT2D eigenvalue weighted by Gasteiger charge is -2.15. The summed E-state index contributed by atoms with van der Waals surface area (Å²) in [6, 6.07) is 8.66. The van der Waals surface area contributed by atoms with E-state index in [2.05, 4.69) is 6.58 Å². The Kier molecular flexibility index (Phi) is 7.07. The summed E-state index contributed by atoms with van der Waals surface area (Å²) >= 11 is 0.830. The van der Waals surface area contributed by atoms with Gasteiger partial charge in [0.2, 0.25) is 0 Å². The number of aliphatic carboxylic acids is 1. The van der Waals surface area contributed by atoms with Crippen LogP contribution in [0.5, 0.6) is 0 Å². The molecule has 160 valence electrons. The number of hydrogen-bond donors (Lipinski definition) is 1. The maximum absolute atomic E-state index is 12.8. The van der Waals surface area contributed by atoms with Crippen LogP contribution < -0.4 is 0 Å². The fourth-order valence-corrected chi connectivity index (χ4v) is 3.37. The molecule has 9 heteroatoms. The highest BCUT2D eigenvalue weighted by Crippen LogP contribution is 2.36. The Labute approximate surface area is 172 Å². The van der Waals surface area contributed by atoms with Crippen molar-refractivity contribution in [2.45, 2.75) is 25.7 Å². The topological polar surface area (TPSA) is 37.3 Å². The van der Waals surface area contributed by atoms with Crippen molar-refractivity contribution in [3.05, 3.63) is 87.2 Å². The van der Waals surface area contributed by atoms with Crippen molar-refractivity contribution in [2.75, 3.05) is 0 Å². The molecule has 2 nitrogen and oxygen atoms in total. The lowest BCUT2D eigenvalue weighted by molar-refractivity contribution is -0.138. The van der Waals surface area contributed by atoms with Gasteiger partial charge in [0, 0.05) is 0 Å². The van der Waals surface area contributed by atoms with Crippen LogP contribution in [0, 0.1) is 0 Å². The van der Waals surface area contributed by atoms with E-state index in [4.69, 9.17) is 5.11 Å². The average molecular weight is 446 g/mol. The van der Waals surface area contributed by atoms with Crippen molar-refractivity contribution in [1.82, 2.24) is 0 Å². The van der Waals surface area contributed by atoms with Gasteiger partial charge in [-0.2, -0.15) is 26.3 Å². The largest absolute Gasteiger partial charge is 0.477 e. The minimum Gasteiger partial charge on any atom is -0.477 e. The van der Waals surface area contributed by atoms with Crippen LogP contribution in [0.25, 0.3) is 5.57 Å². The number of thioether (sulfide) groups is 1. The van der Waals surface area contributed by atoms with Crippen molar-refractivity contribution in [3.8, 4) is 0 Å². The van der Waals surface area contributed by atoms with Crippen LogP contribution in [0.4, 0.5) is 26.3 Å². The van der Waals surface area contributed by atoms with E-state index >= 15 is 0 Å². The molecular formula is C21H16F6O2S. The van der Waals surface area contributed by atoms with Gasteiger partial charge in [-0.1, -0.05) is 42.6 Å². The number of carbonyl (C=O) groups is 1. The second-order valence-corrected chi connectivity index (χ2v) is 7.62. The number of halogens is 6. The second kappa shape index (κ2) is 8.99. The average Bonchev–Trinajstić information content (AvgIpc) is 2.65. The molecule has 0 heterocycles. The Morgan fingerprint density at radius 3 is 1.73 bits per heavy atom. The van der Waals surface area contributed by atoms with Gasteiger partial charge in [-0.05, 0) is 59.2 Å². The van der Waals surface area contributed by atoms with Gasteiger partial charge in [0.25, 0.3) is 0 Å². The molecule has 30 heavy (non-hydrogen) atoms. The molecule has 0 unspecified atom stereocenters. The number of benzene rings is 2. The van der Waals surface area contributed by atoms with E-state index in [0.717, 1.165) is 36.0 Å². The van der Waals surface area contributed by atoms with E-state index in [9.17, 15) is 31.1 Å². The van der Waals surface area contributed by atoms with Crippen LogP contribution in [0.15, 0.2) is 64.9 Å². The number of carboxylic acid groups (broad SMARTS) is 1. The van der Waals surface area contributed by atoms with Crippen molar-refractivity contribution in [1.29, 1.82) is 0 Å². The predicted molar refractivity (Wildman–Crippen MR) is 104 cm³/mol. The molecule has 0 aromatic heterocycles. The Morgan fingerprint density at radius 2 is 1.33 bits per heavy atom. The van der Waals surface area contributed by atoms with Gasteiger partial charge < -0.3 is 5.11 Å². The van der Waals surface area contributed by atoms with Crippen molar-refractivity contribution in [2.24, 2.45) is 0 Å². The molecule has 0 saturated heterocycles. The van der Waals surface area contributed by atoms with Gasteiger partial charge in [0.05, 0.1) is 16.0 Å². The summed E-state index contributed by atoms with van der Waals surface area (Å²) in [6.07, 6.45) is -8.91. The van der Waals surface area contributed by atoms with Crippen molar-refractivity contribution < 1.29 is 36.2 Å². The minimum atomic E-state index is -4.52. The maximum atomic E-state index is 12.8. The first-order valence-electron chi connectivity index (χ1n) is 8.42. The quantitative estimate of drug-likeness (QED) is 0.382. The highest BCUT2D eigenvalue weighted by atomic mass is 32.2. The van der Waals surface area contributed by atoms with E-state index in [-0.39, 0.29) is 11.3 Å². The number of hydrogen-bond acceptors (Lipinski definition) is 2. The summed E-state index contributed by atoms with van der Waals surface area (Å²) in [6.45, 7) is 5.00. The summed E-state index contributed by atoms with van der Waals surface area (Å²) in [7, 11) is 0. The summed E-state index contributed by atoms with van der Waals surface area (Å²) in [5, 5.41) is 9.03. The Hall–Kier alpha value is -2.68. The van der Waals surface area contributed by atoms with Crippen LogP contribution in [-0.2, 0) is 23.6 Å². The smallest absolute Gasteiger partial charge is 0.416 e. The third-order valence-electron chi connectivity index (χ3n) is 4.16. The molecule has 0 amide bonds. The molecule has 0 aliphatic heterocycles. The molecule has 2 rings (SSSR count). The van der Waals surface area contributed by atoms with Crippen LogP contribution >= 0.6 is 11.8 Å². The zero-order valence-corrected chi connectivity index (χ0v) is 16.4. The van der Waals surface area contributed by atoms with Gasteiger partial charge in [0.1, 0.15) is 0 Å². The van der Waals surface area contributed by atoms with E-state index in [1.54, 1.807) is 6.92 Å². The summed E-state index contributed by atoms with van der Waals surface area (Å²) in [4.78, 5) is 11.3. The zero-order valence-electron chi connectivity index (χ0n) is 15.6. The van der Waals surface area contributed by atoms with Gasteiger partial charge >= 0.3 is 18.3 Å². The Morgan fingerprint density at radius 1 is 0.900 bits per heavy atom. The van der Waals surface area contributed by atoms with E-state index in [1.807, 2.05) is 0 Å². The number of rotatable bonds is 6. The third-order valence-corrected chi connectivity index (χ3v) is 5.14. The lowest BCUT2D eigenvalue weighted by atomic mass is 9.96. The van der Waals surface area contributed by atoms with Gasteiger partial charge in [0.15, 0.2) is 0 Å². The Bertz CT molecular complexity index is 955. The van der Waals surface area contributed by atoms with E-state index < -0.39 is 29.4 Å². The lowest BCUT2D eigenvalue weighted by Crippen LogP contribution is -2.05. The zero-order chi connectivity index (χ0) is 22.7. The first kappa shape index (κ1) is 23.6. The maximum Gasteiger partial charge on any atom is 0.416 e. The first-order chi connectivity index (χ1) is 13.8. The van der Waals surface area contributed by atoms with Crippen molar-refractivity contribution >= 4 is 23.3 Å². The number of allylic oxidation sites excluding steroid dienone is 2. The van der Waals surface area contributed by atoms with Crippen LogP contribution in [-0.4, -0.2) is 11.1 Å². The first-order valence-corrected chi connectivity index (χ1v) is 9.24. The fraction of sp³-hybridized carbons (Fsp3) is 0.190. The predicted octanol–water partition coefficient (Wildman–Crippen LogP) is 7.03. The third kappa shape index (κ3) is 6.16. The molecule has 0 aliphatic carbocycles. The SMILES string of the molecule is C=C(S/C(C)=C(\Cc1ccc(C(F)(F)F)cc1)c1ccc(C(F)(F)F)cc1)C(=O)O. The summed E-state index contributed by atoms with van der Waals surface area (Å²) in [5.74, 6) is -1.25. The van der Waals surface area contributed by atoms with Crippen LogP contribution in [0.3, 0.4) is 0 Å². The molecule has 2 aromatic carbocycles. The highest BCUT2D eigenvalue weighted by molar-refractivity contribution is 8.07. The second-order valence-electron chi connectivity index (χ2n) is 6.31. The van der Waals surface area contributed by atoms with Gasteiger partial charge in [-0.15, -0.1) is 0 Å². The highest BCUT2D eigenvalue weighted by Gasteiger charge is 2.31. The standard InChI is InChI=1S/C21H16F6O2S/c1-12(30-13(2)19(28)29)18(15-5-9-17(10-6-15)21(25,26)27)11-14-3-7-16(8-4-14)20(22,23)24/h3-10H,2,11H2,1H3,(H,28,29)/b18-12+. The number of carboxylic acids is 1. The molecule has 0 spiro atoms. The van der Waals surface area contributed by atoms with E-state index in [0.29, 0.717) is 21.6 Å².